The van der Waals surface area contributed by atoms with E-state index in [1.165, 1.54) is 11.3 Å². The standard InChI is InChI=1S/C19H24N6O2S/c1-10-16(28-11(2)23-10)17(26)22-7-12-13-8-25(18-21-6-4-15(20)24-18)9-19(13)5-3-14(12)27-19/h4,6,12-14H,3,5,7-9H2,1-2H3,(H,22,26)(H2,20,21,24)/t12-,13+,14+,19+/m0/s1. The first-order chi connectivity index (χ1) is 13.4. The van der Waals surface area contributed by atoms with E-state index in [4.69, 9.17) is 10.5 Å². The van der Waals surface area contributed by atoms with E-state index in [-0.39, 0.29) is 17.6 Å². The quantitative estimate of drug-likeness (QED) is 0.802. The lowest BCUT2D eigenvalue weighted by Crippen LogP contribution is -2.41. The molecule has 4 atom stereocenters. The maximum absolute atomic E-state index is 12.6. The average molecular weight is 401 g/mol. The molecule has 2 aromatic heterocycles. The number of nitrogens with two attached hydrogens (primary N) is 1. The first-order valence-electron chi connectivity index (χ1n) is 9.69. The number of rotatable bonds is 4. The van der Waals surface area contributed by atoms with E-state index in [1.54, 1.807) is 12.3 Å². The van der Waals surface area contributed by atoms with Crippen LogP contribution in [-0.2, 0) is 4.74 Å². The molecule has 0 aromatic carbocycles. The van der Waals surface area contributed by atoms with Gasteiger partial charge in [0, 0.05) is 31.1 Å². The summed E-state index contributed by atoms with van der Waals surface area (Å²) >= 11 is 1.45. The number of ether oxygens (including phenoxy) is 1. The molecule has 2 aromatic rings. The zero-order valence-electron chi connectivity index (χ0n) is 16.0. The summed E-state index contributed by atoms with van der Waals surface area (Å²) in [6, 6.07) is 1.70. The number of aryl methyl sites for hydroxylation is 2. The fraction of sp³-hybridized carbons (Fsp3) is 0.579. The van der Waals surface area contributed by atoms with Crippen molar-refractivity contribution in [3.63, 3.8) is 0 Å². The third-order valence-corrected chi connectivity index (χ3v) is 7.41. The molecule has 3 saturated heterocycles. The highest BCUT2D eigenvalue weighted by molar-refractivity contribution is 7.13. The second-order valence-corrected chi connectivity index (χ2v) is 9.25. The molecule has 9 heteroatoms. The summed E-state index contributed by atoms with van der Waals surface area (Å²) in [7, 11) is 0. The summed E-state index contributed by atoms with van der Waals surface area (Å²) in [4.78, 5) is 28.6. The minimum atomic E-state index is -0.148. The SMILES string of the molecule is Cc1nc(C)c(C(=O)NC[C@H]2[C@H]3CN(c4nccc(N)n4)C[C@]34CC[C@H]2O4)s1. The van der Waals surface area contributed by atoms with Gasteiger partial charge in [0.1, 0.15) is 10.7 Å². The molecule has 1 amide bonds. The van der Waals surface area contributed by atoms with E-state index in [0.29, 0.717) is 35.0 Å². The zero-order valence-corrected chi connectivity index (χ0v) is 16.8. The normalized spacial score (nSPS) is 30.6. The smallest absolute Gasteiger partial charge is 0.263 e. The van der Waals surface area contributed by atoms with Gasteiger partial charge in [-0.3, -0.25) is 4.79 Å². The Kier molecular flexibility index (Phi) is 4.06. The molecule has 3 aliphatic heterocycles. The summed E-state index contributed by atoms with van der Waals surface area (Å²) in [6.45, 7) is 6.05. The molecule has 3 N–H and O–H groups in total. The van der Waals surface area contributed by atoms with Gasteiger partial charge in [-0.25, -0.2) is 9.97 Å². The molecular formula is C19H24N6O2S. The maximum Gasteiger partial charge on any atom is 0.263 e. The summed E-state index contributed by atoms with van der Waals surface area (Å²) in [5.41, 5.74) is 6.48. The Labute approximate surface area is 167 Å². The summed E-state index contributed by atoms with van der Waals surface area (Å²) in [6.07, 6.45) is 4.01. The van der Waals surface area contributed by atoms with Gasteiger partial charge in [-0.2, -0.15) is 4.98 Å². The molecule has 0 radical (unpaired) electrons. The van der Waals surface area contributed by atoms with Crippen LogP contribution in [0.2, 0.25) is 0 Å². The van der Waals surface area contributed by atoms with Crippen molar-refractivity contribution in [1.29, 1.82) is 0 Å². The van der Waals surface area contributed by atoms with Crippen LogP contribution >= 0.6 is 11.3 Å². The molecule has 1 spiro atoms. The summed E-state index contributed by atoms with van der Waals surface area (Å²) < 4.78 is 6.45. The van der Waals surface area contributed by atoms with E-state index in [0.717, 1.165) is 36.6 Å². The predicted molar refractivity (Wildman–Crippen MR) is 106 cm³/mol. The minimum Gasteiger partial charge on any atom is -0.384 e. The maximum atomic E-state index is 12.6. The van der Waals surface area contributed by atoms with Crippen molar-refractivity contribution in [1.82, 2.24) is 20.3 Å². The lowest BCUT2D eigenvalue weighted by Gasteiger charge is -2.29. The van der Waals surface area contributed by atoms with Crippen molar-refractivity contribution >= 4 is 29.0 Å². The number of amides is 1. The molecule has 3 fully saturated rings. The molecule has 8 nitrogen and oxygen atoms in total. The lowest BCUT2D eigenvalue weighted by atomic mass is 9.73. The van der Waals surface area contributed by atoms with E-state index < -0.39 is 0 Å². The second-order valence-electron chi connectivity index (χ2n) is 8.05. The number of nitrogens with one attached hydrogen (secondary N) is 1. The summed E-state index contributed by atoms with van der Waals surface area (Å²) in [5, 5.41) is 4.05. The van der Waals surface area contributed by atoms with Gasteiger partial charge in [0.2, 0.25) is 5.95 Å². The third kappa shape index (κ3) is 2.76. The van der Waals surface area contributed by atoms with Crippen LogP contribution in [-0.4, -0.2) is 52.2 Å². The van der Waals surface area contributed by atoms with Gasteiger partial charge in [0.15, 0.2) is 0 Å². The van der Waals surface area contributed by atoms with E-state index in [9.17, 15) is 4.79 Å². The Morgan fingerprint density at radius 2 is 2.32 bits per heavy atom. The number of carbonyl (C=O) groups is 1. The first kappa shape index (κ1) is 17.8. The number of thiazole rings is 1. The van der Waals surface area contributed by atoms with Gasteiger partial charge < -0.3 is 20.7 Å². The highest BCUT2D eigenvalue weighted by atomic mass is 32.1. The molecule has 0 unspecified atom stereocenters. The van der Waals surface area contributed by atoms with Crippen molar-refractivity contribution in [2.24, 2.45) is 11.8 Å². The molecule has 5 rings (SSSR count). The third-order valence-electron chi connectivity index (χ3n) is 6.34. The van der Waals surface area contributed by atoms with Crippen molar-refractivity contribution in [2.45, 2.75) is 38.4 Å². The zero-order chi connectivity index (χ0) is 19.5. The predicted octanol–water partition coefficient (Wildman–Crippen LogP) is 1.55. The number of aromatic nitrogens is 3. The Morgan fingerprint density at radius 3 is 3.07 bits per heavy atom. The van der Waals surface area contributed by atoms with Gasteiger partial charge in [-0.15, -0.1) is 11.3 Å². The molecule has 5 heterocycles. The van der Waals surface area contributed by atoms with Gasteiger partial charge in [0.05, 0.1) is 29.0 Å². The minimum absolute atomic E-state index is 0.0334. The van der Waals surface area contributed by atoms with Crippen molar-refractivity contribution in [2.75, 3.05) is 30.3 Å². The fourth-order valence-corrected chi connectivity index (χ4v) is 6.00. The van der Waals surface area contributed by atoms with Crippen LogP contribution in [0.25, 0.3) is 0 Å². The molecule has 148 valence electrons. The monoisotopic (exact) mass is 400 g/mol. The van der Waals surface area contributed by atoms with Crippen molar-refractivity contribution in [3.8, 4) is 0 Å². The van der Waals surface area contributed by atoms with Crippen molar-refractivity contribution in [3.05, 3.63) is 27.8 Å². The molecule has 0 aliphatic carbocycles. The number of hydrogen-bond donors (Lipinski definition) is 2. The van der Waals surface area contributed by atoms with Crippen LogP contribution in [0, 0.1) is 25.7 Å². The van der Waals surface area contributed by atoms with Gasteiger partial charge >= 0.3 is 0 Å². The highest BCUT2D eigenvalue weighted by Crippen LogP contribution is 2.55. The number of carbonyl (C=O) groups excluding carboxylic acids is 1. The second kappa shape index (κ2) is 6.38. The Hall–Kier alpha value is -2.26. The van der Waals surface area contributed by atoms with Crippen molar-refractivity contribution < 1.29 is 9.53 Å². The van der Waals surface area contributed by atoms with E-state index >= 15 is 0 Å². The molecule has 3 aliphatic rings. The molecular weight excluding hydrogens is 376 g/mol. The lowest BCUT2D eigenvalue weighted by molar-refractivity contribution is 0.0141. The highest BCUT2D eigenvalue weighted by Gasteiger charge is 2.63. The molecule has 0 saturated carbocycles. The number of anilines is 2. The van der Waals surface area contributed by atoms with Crippen LogP contribution in [0.1, 0.15) is 33.2 Å². The summed E-state index contributed by atoms with van der Waals surface area (Å²) in [5.74, 6) is 1.77. The largest absolute Gasteiger partial charge is 0.384 e. The Bertz CT molecular complexity index is 933. The number of hydrogen-bond acceptors (Lipinski definition) is 8. The van der Waals surface area contributed by atoms with Gasteiger partial charge in [0.25, 0.3) is 5.91 Å². The Morgan fingerprint density at radius 1 is 1.46 bits per heavy atom. The fourth-order valence-electron chi connectivity index (χ4n) is 5.16. The average Bonchev–Trinajstić information content (AvgIpc) is 3.39. The van der Waals surface area contributed by atoms with Gasteiger partial charge in [-0.1, -0.05) is 0 Å². The molecule has 2 bridgehead atoms. The van der Waals surface area contributed by atoms with E-state index in [2.05, 4.69) is 25.2 Å². The Balaban J connectivity index is 1.30. The topological polar surface area (TPSA) is 106 Å². The van der Waals surface area contributed by atoms with Gasteiger partial charge in [-0.05, 0) is 32.8 Å². The number of nitrogens with zero attached hydrogens (tertiary/aromatic N) is 4. The van der Waals surface area contributed by atoms with Crippen LogP contribution in [0.5, 0.6) is 0 Å². The number of nitrogen functional groups attached to an aromatic ring is 1. The first-order valence-corrected chi connectivity index (χ1v) is 10.5. The van der Waals surface area contributed by atoms with Crippen LogP contribution in [0.15, 0.2) is 12.3 Å². The van der Waals surface area contributed by atoms with Crippen LogP contribution in [0.3, 0.4) is 0 Å². The van der Waals surface area contributed by atoms with Crippen LogP contribution < -0.4 is 16.0 Å². The van der Waals surface area contributed by atoms with E-state index in [1.807, 2.05) is 13.8 Å². The number of fused-ring (bicyclic) bond motifs is 1. The molecule has 28 heavy (non-hydrogen) atoms. The van der Waals surface area contributed by atoms with Crippen LogP contribution in [0.4, 0.5) is 11.8 Å².